The average Bonchev–Trinajstić information content (AvgIpc) is 2.82. The molecule has 3 aromatic rings. The molecular formula is C28H37O3PSi. The van der Waals surface area contributed by atoms with E-state index in [-0.39, 0.29) is 5.04 Å². The topological polar surface area (TPSA) is 46.5 Å². The molecule has 176 valence electrons. The van der Waals surface area contributed by atoms with E-state index in [0.29, 0.717) is 13.0 Å². The Kier molecular flexibility index (Phi) is 8.18. The average molecular weight is 481 g/mol. The Hall–Kier alpha value is -1.97. The van der Waals surface area contributed by atoms with E-state index in [2.05, 4.69) is 33.9 Å². The van der Waals surface area contributed by atoms with Crippen molar-refractivity contribution in [2.45, 2.75) is 57.1 Å². The Morgan fingerprint density at radius 1 is 0.818 bits per heavy atom. The van der Waals surface area contributed by atoms with Crippen LogP contribution in [-0.4, -0.2) is 25.7 Å². The van der Waals surface area contributed by atoms with Crippen LogP contribution >= 0.6 is 7.14 Å². The standard InChI is InChI=1S/C28H37O3PSi/c1-28(2,3)33(4,5)31-22-21-26(27(29)23-15-9-6-10-16-23)32(30,24-17-11-7-12-18-24)25-19-13-8-14-20-25/h6-20,26-27,29H,21-22H2,1-5H3/t26-,27-/m0/s1. The molecule has 0 aromatic heterocycles. The van der Waals surface area contributed by atoms with E-state index in [1.165, 1.54) is 0 Å². The number of aliphatic hydroxyl groups excluding tert-OH is 1. The molecule has 0 radical (unpaired) electrons. The van der Waals surface area contributed by atoms with Crippen LogP contribution in [0.25, 0.3) is 0 Å². The first-order valence-corrected chi connectivity index (χ1v) is 16.3. The third kappa shape index (κ3) is 5.75. The lowest BCUT2D eigenvalue weighted by molar-refractivity contribution is 0.156. The Balaban J connectivity index is 2.06. The van der Waals surface area contributed by atoms with E-state index < -0.39 is 27.2 Å². The zero-order valence-electron chi connectivity index (χ0n) is 20.4. The molecule has 0 saturated heterocycles. The molecule has 0 unspecified atom stereocenters. The quantitative estimate of drug-likeness (QED) is 0.280. The summed E-state index contributed by atoms with van der Waals surface area (Å²) in [5.74, 6) is 0. The highest BCUT2D eigenvalue weighted by molar-refractivity contribution is 7.79. The van der Waals surface area contributed by atoms with Crippen LogP contribution in [0.4, 0.5) is 0 Å². The third-order valence-electron chi connectivity index (χ3n) is 6.93. The van der Waals surface area contributed by atoms with Crippen LogP contribution in [0.15, 0.2) is 91.0 Å². The van der Waals surface area contributed by atoms with Crippen LogP contribution in [0.2, 0.25) is 18.1 Å². The number of aliphatic hydroxyl groups is 1. The first-order valence-electron chi connectivity index (χ1n) is 11.7. The molecule has 0 spiro atoms. The molecule has 3 nitrogen and oxygen atoms in total. The Bertz CT molecular complexity index is 1000. The van der Waals surface area contributed by atoms with Gasteiger partial charge in [0.2, 0.25) is 0 Å². The summed E-state index contributed by atoms with van der Waals surface area (Å²) in [7, 11) is -5.17. The predicted molar refractivity (Wildman–Crippen MR) is 143 cm³/mol. The fourth-order valence-electron chi connectivity index (χ4n) is 3.89. The summed E-state index contributed by atoms with van der Waals surface area (Å²) in [6, 6.07) is 28.8. The first-order chi connectivity index (χ1) is 15.6. The van der Waals surface area contributed by atoms with Crippen molar-refractivity contribution in [3.63, 3.8) is 0 Å². The maximum Gasteiger partial charge on any atom is 0.191 e. The highest BCUT2D eigenvalue weighted by Crippen LogP contribution is 2.54. The van der Waals surface area contributed by atoms with Gasteiger partial charge in [0.05, 0.1) is 11.8 Å². The van der Waals surface area contributed by atoms with Crippen molar-refractivity contribution < 1.29 is 14.1 Å². The zero-order valence-corrected chi connectivity index (χ0v) is 22.3. The smallest absolute Gasteiger partial charge is 0.191 e. The number of rotatable bonds is 9. The molecule has 2 atom stereocenters. The summed E-state index contributed by atoms with van der Waals surface area (Å²) >= 11 is 0. The molecule has 0 aliphatic heterocycles. The van der Waals surface area contributed by atoms with Crippen LogP contribution < -0.4 is 10.6 Å². The summed E-state index contributed by atoms with van der Waals surface area (Å²) < 4.78 is 21.6. The maximum atomic E-state index is 15.1. The van der Waals surface area contributed by atoms with E-state index in [1.54, 1.807) is 0 Å². The molecule has 1 N–H and O–H groups in total. The highest BCUT2D eigenvalue weighted by Gasteiger charge is 2.42. The summed E-state index contributed by atoms with van der Waals surface area (Å²) in [5.41, 5.74) is 0.274. The lowest BCUT2D eigenvalue weighted by atomic mass is 10.0. The monoisotopic (exact) mass is 480 g/mol. The number of hydrogen-bond donors (Lipinski definition) is 1. The van der Waals surface area contributed by atoms with Gasteiger partial charge in [0.15, 0.2) is 8.32 Å². The van der Waals surface area contributed by atoms with Gasteiger partial charge in [-0.3, -0.25) is 0 Å². The van der Waals surface area contributed by atoms with E-state index in [9.17, 15) is 5.11 Å². The van der Waals surface area contributed by atoms with E-state index in [4.69, 9.17) is 4.43 Å². The number of benzene rings is 3. The van der Waals surface area contributed by atoms with Crippen LogP contribution in [-0.2, 0) is 8.99 Å². The van der Waals surface area contributed by atoms with Crippen molar-refractivity contribution in [1.82, 2.24) is 0 Å². The molecule has 3 rings (SSSR count). The van der Waals surface area contributed by atoms with Gasteiger partial charge in [-0.05, 0) is 30.1 Å². The van der Waals surface area contributed by atoms with Crippen LogP contribution in [0.3, 0.4) is 0 Å². The van der Waals surface area contributed by atoms with Gasteiger partial charge in [0, 0.05) is 17.2 Å². The molecule has 0 amide bonds. The Morgan fingerprint density at radius 2 is 1.24 bits per heavy atom. The van der Waals surface area contributed by atoms with Crippen molar-refractivity contribution >= 4 is 26.1 Å². The summed E-state index contributed by atoms with van der Waals surface area (Å²) in [6.45, 7) is 11.6. The fraction of sp³-hybridized carbons (Fsp3) is 0.357. The van der Waals surface area contributed by atoms with E-state index in [0.717, 1.165) is 16.2 Å². The first kappa shape index (κ1) is 25.6. The van der Waals surface area contributed by atoms with Gasteiger partial charge in [0.25, 0.3) is 0 Å². The lowest BCUT2D eigenvalue weighted by Gasteiger charge is -2.38. The second-order valence-corrected chi connectivity index (χ2v) is 18.0. The second-order valence-electron chi connectivity index (χ2n) is 10.1. The van der Waals surface area contributed by atoms with Crippen molar-refractivity contribution in [2.24, 2.45) is 0 Å². The minimum absolute atomic E-state index is 0.0864. The molecule has 0 saturated carbocycles. The van der Waals surface area contributed by atoms with Crippen molar-refractivity contribution in [1.29, 1.82) is 0 Å². The summed E-state index contributed by atoms with van der Waals surface area (Å²) in [5, 5.41) is 13.2. The minimum atomic E-state index is -3.19. The van der Waals surface area contributed by atoms with Crippen molar-refractivity contribution in [2.75, 3.05) is 6.61 Å². The maximum absolute atomic E-state index is 15.1. The molecule has 0 bridgehead atoms. The normalized spacial score (nSPS) is 14.6. The molecule has 0 aliphatic rings. The van der Waals surface area contributed by atoms with Gasteiger partial charge >= 0.3 is 0 Å². The van der Waals surface area contributed by atoms with Crippen LogP contribution in [0.5, 0.6) is 0 Å². The number of hydrogen-bond acceptors (Lipinski definition) is 3. The third-order valence-corrected chi connectivity index (χ3v) is 15.1. The molecule has 0 fully saturated rings. The fourth-order valence-corrected chi connectivity index (χ4v) is 8.29. The Labute approximate surface area is 200 Å². The van der Waals surface area contributed by atoms with Gasteiger partial charge in [-0.1, -0.05) is 112 Å². The van der Waals surface area contributed by atoms with Gasteiger partial charge in [-0.2, -0.15) is 0 Å². The molecule has 33 heavy (non-hydrogen) atoms. The van der Waals surface area contributed by atoms with Gasteiger partial charge < -0.3 is 14.1 Å². The van der Waals surface area contributed by atoms with Gasteiger partial charge in [0.1, 0.15) is 7.14 Å². The van der Waals surface area contributed by atoms with Crippen molar-refractivity contribution in [3.8, 4) is 0 Å². The molecule has 5 heteroatoms. The van der Waals surface area contributed by atoms with Crippen LogP contribution in [0.1, 0.15) is 38.9 Å². The second kappa shape index (κ2) is 10.5. The van der Waals surface area contributed by atoms with Gasteiger partial charge in [-0.15, -0.1) is 0 Å². The zero-order chi connectivity index (χ0) is 24.1. The molecule has 3 aromatic carbocycles. The summed E-state index contributed by atoms with van der Waals surface area (Å²) in [6.07, 6.45) is -0.371. The Morgan fingerprint density at radius 3 is 1.67 bits per heavy atom. The SMILES string of the molecule is CC(C)(C)[Si](C)(C)OCC[C@@H]([C@@H](O)c1ccccc1)P(=O)(c1ccccc1)c1ccccc1. The largest absolute Gasteiger partial charge is 0.417 e. The van der Waals surface area contributed by atoms with Crippen LogP contribution in [0, 0.1) is 0 Å². The highest BCUT2D eigenvalue weighted by atomic mass is 31.2. The lowest BCUT2D eigenvalue weighted by Crippen LogP contribution is -2.42. The molecular weight excluding hydrogens is 443 g/mol. The molecule has 0 aliphatic carbocycles. The van der Waals surface area contributed by atoms with Gasteiger partial charge in [-0.25, -0.2) is 0 Å². The predicted octanol–water partition coefficient (Wildman–Crippen LogP) is 6.51. The van der Waals surface area contributed by atoms with Crippen molar-refractivity contribution in [3.05, 3.63) is 96.6 Å². The van der Waals surface area contributed by atoms with E-state index in [1.807, 2.05) is 91.0 Å². The summed E-state index contributed by atoms with van der Waals surface area (Å²) in [4.78, 5) is 0. The minimum Gasteiger partial charge on any atom is -0.417 e. The van der Waals surface area contributed by atoms with E-state index >= 15 is 4.57 Å². The molecule has 0 heterocycles.